The Labute approximate surface area is 158 Å². The van der Waals surface area contributed by atoms with Gasteiger partial charge in [-0.25, -0.2) is 8.42 Å². The van der Waals surface area contributed by atoms with Gasteiger partial charge in [-0.2, -0.15) is 0 Å². The number of likely N-dealkylation sites (tertiary alicyclic amines) is 1. The van der Waals surface area contributed by atoms with Gasteiger partial charge in [-0.3, -0.25) is 14.5 Å². The lowest BCUT2D eigenvalue weighted by atomic mass is 10.0. The van der Waals surface area contributed by atoms with Crippen LogP contribution in [0.2, 0.25) is 0 Å². The molecule has 0 unspecified atom stereocenters. The third-order valence-corrected chi connectivity index (χ3v) is 6.78. The highest BCUT2D eigenvalue weighted by molar-refractivity contribution is 7.92. The van der Waals surface area contributed by atoms with Crippen molar-refractivity contribution in [2.45, 2.75) is 36.1 Å². The van der Waals surface area contributed by atoms with Crippen molar-refractivity contribution in [1.82, 2.24) is 4.90 Å². The van der Waals surface area contributed by atoms with Crippen molar-refractivity contribution >= 4 is 21.7 Å². The van der Waals surface area contributed by atoms with E-state index in [-0.39, 0.29) is 17.9 Å². The topological polar surface area (TPSA) is 80.8 Å². The van der Waals surface area contributed by atoms with Gasteiger partial charge in [-0.15, -0.1) is 0 Å². The summed E-state index contributed by atoms with van der Waals surface area (Å²) in [6, 6.07) is 15.3. The molecule has 1 heterocycles. The summed E-state index contributed by atoms with van der Waals surface area (Å²) in [5, 5.41) is -1.36. The largest absolute Gasteiger partial charge is 0.372 e. The predicted molar refractivity (Wildman–Crippen MR) is 99.6 cm³/mol. The van der Waals surface area contributed by atoms with E-state index in [1.54, 1.807) is 36.4 Å². The Morgan fingerprint density at radius 3 is 2.22 bits per heavy atom. The molecular weight excluding hydrogens is 366 g/mol. The molecule has 0 spiro atoms. The molecule has 1 aliphatic rings. The number of sulfone groups is 1. The third-order valence-electron chi connectivity index (χ3n) is 4.70. The number of benzene rings is 2. The molecule has 0 aliphatic carbocycles. The van der Waals surface area contributed by atoms with Crippen LogP contribution in [0.25, 0.3) is 0 Å². The first-order valence-electron chi connectivity index (χ1n) is 8.57. The number of carbonyl (C=O) groups is 2. The summed E-state index contributed by atoms with van der Waals surface area (Å²) in [6.07, 6.45) is -1.16. The van der Waals surface area contributed by atoms with Crippen molar-refractivity contribution in [3.8, 4) is 0 Å². The van der Waals surface area contributed by atoms with Crippen LogP contribution in [0.15, 0.2) is 59.5 Å². The van der Waals surface area contributed by atoms with Crippen LogP contribution < -0.4 is 0 Å². The molecule has 7 heteroatoms. The van der Waals surface area contributed by atoms with E-state index in [0.717, 1.165) is 16.0 Å². The van der Waals surface area contributed by atoms with Gasteiger partial charge in [0.25, 0.3) is 5.91 Å². The fourth-order valence-electron chi connectivity index (χ4n) is 3.12. The SMILES string of the molecule is CO[C@H]1C[C@H](S(=O)(=O)c2ccc(C)cc2)C(=O)N(Cc2ccccc2)C1=O. The number of hydrogen-bond acceptors (Lipinski definition) is 5. The number of nitrogens with zero attached hydrogens (tertiary/aromatic N) is 1. The van der Waals surface area contributed by atoms with E-state index in [2.05, 4.69) is 0 Å². The Hall–Kier alpha value is -2.51. The van der Waals surface area contributed by atoms with Crippen molar-refractivity contribution in [3.63, 3.8) is 0 Å². The second-order valence-corrected chi connectivity index (χ2v) is 8.69. The summed E-state index contributed by atoms with van der Waals surface area (Å²) in [6.45, 7) is 1.86. The quantitative estimate of drug-likeness (QED) is 0.734. The number of ether oxygens (including phenoxy) is 1. The minimum Gasteiger partial charge on any atom is -0.372 e. The Morgan fingerprint density at radius 1 is 1.00 bits per heavy atom. The lowest BCUT2D eigenvalue weighted by Crippen LogP contribution is -2.56. The van der Waals surface area contributed by atoms with Crippen molar-refractivity contribution in [1.29, 1.82) is 0 Å². The molecule has 1 fully saturated rings. The maximum absolute atomic E-state index is 13.1. The number of hydrogen-bond donors (Lipinski definition) is 0. The minimum atomic E-state index is -3.94. The maximum Gasteiger partial charge on any atom is 0.258 e. The van der Waals surface area contributed by atoms with Crippen LogP contribution >= 0.6 is 0 Å². The minimum absolute atomic E-state index is 0.0122. The molecule has 6 nitrogen and oxygen atoms in total. The number of aryl methyl sites for hydroxylation is 1. The number of rotatable bonds is 5. The molecule has 27 heavy (non-hydrogen) atoms. The summed E-state index contributed by atoms with van der Waals surface area (Å²) < 4.78 is 31.3. The molecular formula is C20H21NO5S. The average molecular weight is 387 g/mol. The van der Waals surface area contributed by atoms with Crippen molar-refractivity contribution in [2.75, 3.05) is 7.11 Å². The van der Waals surface area contributed by atoms with E-state index in [1.807, 2.05) is 13.0 Å². The van der Waals surface area contributed by atoms with E-state index in [0.29, 0.717) is 0 Å². The highest BCUT2D eigenvalue weighted by Crippen LogP contribution is 2.28. The van der Waals surface area contributed by atoms with E-state index >= 15 is 0 Å². The average Bonchev–Trinajstić information content (AvgIpc) is 2.66. The molecule has 0 saturated carbocycles. The van der Waals surface area contributed by atoms with Gasteiger partial charge in [0, 0.05) is 13.5 Å². The lowest BCUT2D eigenvalue weighted by molar-refractivity contribution is -0.157. The Bertz CT molecular complexity index is 938. The van der Waals surface area contributed by atoms with Gasteiger partial charge in [0.15, 0.2) is 9.84 Å². The zero-order chi connectivity index (χ0) is 19.6. The van der Waals surface area contributed by atoms with Gasteiger partial charge in [-0.1, -0.05) is 48.0 Å². The van der Waals surface area contributed by atoms with Gasteiger partial charge in [-0.05, 0) is 24.6 Å². The zero-order valence-corrected chi connectivity index (χ0v) is 16.0. The van der Waals surface area contributed by atoms with E-state index in [4.69, 9.17) is 4.74 Å². The fraction of sp³-hybridized carbons (Fsp3) is 0.300. The number of amides is 2. The Kier molecular flexibility index (Phi) is 5.43. The van der Waals surface area contributed by atoms with Crippen LogP contribution in [0, 0.1) is 6.92 Å². The molecule has 3 rings (SSSR count). The van der Waals surface area contributed by atoms with Crippen LogP contribution in [0.1, 0.15) is 17.5 Å². The van der Waals surface area contributed by atoms with Crippen LogP contribution in [0.5, 0.6) is 0 Å². The first-order valence-corrected chi connectivity index (χ1v) is 10.1. The number of methoxy groups -OCH3 is 1. The zero-order valence-electron chi connectivity index (χ0n) is 15.2. The van der Waals surface area contributed by atoms with Crippen LogP contribution in [-0.2, 0) is 30.7 Å². The van der Waals surface area contributed by atoms with Gasteiger partial charge < -0.3 is 4.74 Å². The monoisotopic (exact) mass is 387 g/mol. The smallest absolute Gasteiger partial charge is 0.258 e. The molecule has 2 aromatic rings. The Balaban J connectivity index is 1.96. The molecule has 1 saturated heterocycles. The molecule has 2 amide bonds. The Morgan fingerprint density at radius 2 is 1.63 bits per heavy atom. The standard InChI is InChI=1S/C20H21NO5S/c1-14-8-10-16(11-9-14)27(24,25)18-12-17(26-2)19(22)21(20(18)23)13-15-6-4-3-5-7-15/h3-11,17-18H,12-13H2,1-2H3/t17-,18-/m0/s1. The van der Waals surface area contributed by atoms with Gasteiger partial charge in [0.05, 0.1) is 11.4 Å². The van der Waals surface area contributed by atoms with Gasteiger partial charge in [0.1, 0.15) is 11.4 Å². The summed E-state index contributed by atoms with van der Waals surface area (Å²) in [4.78, 5) is 26.6. The summed E-state index contributed by atoms with van der Waals surface area (Å²) in [5.41, 5.74) is 1.65. The van der Waals surface area contributed by atoms with Crippen LogP contribution in [0.4, 0.5) is 0 Å². The van der Waals surface area contributed by atoms with E-state index < -0.39 is 33.0 Å². The van der Waals surface area contributed by atoms with E-state index in [1.165, 1.54) is 19.2 Å². The van der Waals surface area contributed by atoms with Gasteiger partial charge >= 0.3 is 0 Å². The van der Waals surface area contributed by atoms with Crippen molar-refractivity contribution < 1.29 is 22.7 Å². The molecule has 0 N–H and O–H groups in total. The third kappa shape index (κ3) is 3.79. The molecule has 0 radical (unpaired) electrons. The summed E-state index contributed by atoms with van der Waals surface area (Å²) in [7, 11) is -2.60. The molecule has 2 atom stereocenters. The second kappa shape index (κ2) is 7.62. The first kappa shape index (κ1) is 19.3. The fourth-order valence-corrected chi connectivity index (χ4v) is 4.79. The number of imide groups is 1. The molecule has 0 aromatic heterocycles. The van der Waals surface area contributed by atoms with Crippen LogP contribution in [0.3, 0.4) is 0 Å². The lowest BCUT2D eigenvalue weighted by Gasteiger charge is -2.34. The van der Waals surface area contributed by atoms with Gasteiger partial charge in [0.2, 0.25) is 5.91 Å². The van der Waals surface area contributed by atoms with Crippen molar-refractivity contribution in [2.24, 2.45) is 0 Å². The molecule has 1 aliphatic heterocycles. The van der Waals surface area contributed by atoms with Crippen LogP contribution in [-0.4, -0.2) is 43.6 Å². The first-order chi connectivity index (χ1) is 12.8. The maximum atomic E-state index is 13.1. The number of piperidine rings is 1. The molecule has 142 valence electrons. The molecule has 0 bridgehead atoms. The highest BCUT2D eigenvalue weighted by atomic mass is 32.2. The summed E-state index contributed by atoms with van der Waals surface area (Å²) in [5.74, 6) is -1.22. The predicted octanol–water partition coefficient (Wildman–Crippen LogP) is 2.11. The number of carbonyl (C=O) groups excluding carboxylic acids is 2. The van der Waals surface area contributed by atoms with Crippen molar-refractivity contribution in [3.05, 3.63) is 65.7 Å². The van der Waals surface area contributed by atoms with E-state index in [9.17, 15) is 18.0 Å². The summed E-state index contributed by atoms with van der Waals surface area (Å²) >= 11 is 0. The normalized spacial score (nSPS) is 20.7. The second-order valence-electron chi connectivity index (χ2n) is 6.55. The highest BCUT2D eigenvalue weighted by Gasteiger charge is 2.47. The molecule has 2 aromatic carbocycles.